The van der Waals surface area contributed by atoms with Gasteiger partial charge in [0.1, 0.15) is 11.7 Å². The predicted octanol–water partition coefficient (Wildman–Crippen LogP) is 2.04. The van der Waals surface area contributed by atoms with Gasteiger partial charge in [0, 0.05) is 29.5 Å². The molecule has 5 nitrogen and oxygen atoms in total. The molecule has 0 radical (unpaired) electrons. The van der Waals surface area contributed by atoms with Crippen LogP contribution >= 0.6 is 15.9 Å². The van der Waals surface area contributed by atoms with Gasteiger partial charge in [-0.05, 0) is 24.6 Å². The highest BCUT2D eigenvalue weighted by Crippen LogP contribution is 2.19. The molecule has 1 aliphatic heterocycles. The molecule has 1 atom stereocenters. The third-order valence-corrected chi connectivity index (χ3v) is 4.04. The van der Waals surface area contributed by atoms with Crippen molar-refractivity contribution in [2.45, 2.75) is 12.8 Å². The van der Waals surface area contributed by atoms with E-state index in [1.807, 2.05) is 6.07 Å². The molecule has 1 aromatic rings. The Bertz CT molecular complexity index is 573. The number of carbonyl (C=O) groups is 3. The number of hydrogen-bond acceptors (Lipinski definition) is 4. The van der Waals surface area contributed by atoms with Crippen LogP contribution in [0.15, 0.2) is 28.7 Å². The third kappa shape index (κ3) is 3.69. The Morgan fingerprint density at radius 3 is 2.76 bits per heavy atom. The van der Waals surface area contributed by atoms with Gasteiger partial charge in [-0.1, -0.05) is 22.0 Å². The summed E-state index contributed by atoms with van der Waals surface area (Å²) >= 11 is 3.33. The minimum atomic E-state index is -0.754. The van der Waals surface area contributed by atoms with Crippen molar-refractivity contribution in [3.05, 3.63) is 34.3 Å². The highest BCUT2D eigenvalue weighted by molar-refractivity contribution is 9.10. The van der Waals surface area contributed by atoms with Gasteiger partial charge in [-0.3, -0.25) is 14.4 Å². The van der Waals surface area contributed by atoms with Crippen LogP contribution in [0.3, 0.4) is 0 Å². The summed E-state index contributed by atoms with van der Waals surface area (Å²) in [5, 5.41) is 0. The first-order valence-electron chi connectivity index (χ1n) is 6.68. The molecule has 1 aliphatic rings. The van der Waals surface area contributed by atoms with Crippen LogP contribution in [0.25, 0.3) is 0 Å². The van der Waals surface area contributed by atoms with E-state index in [1.165, 1.54) is 7.11 Å². The number of amides is 1. The quantitative estimate of drug-likeness (QED) is 0.602. The van der Waals surface area contributed by atoms with E-state index >= 15 is 0 Å². The standard InChI is InChI=1S/C15H16BrNO4/c1-21-15(20)12-5-7-17(8-6-13(12)18)14(19)10-3-2-4-11(16)9-10/h2-4,9,12H,5-8H2,1H3. The van der Waals surface area contributed by atoms with E-state index in [9.17, 15) is 14.4 Å². The Balaban J connectivity index is 2.11. The summed E-state index contributed by atoms with van der Waals surface area (Å²) in [6, 6.07) is 7.11. The Kier molecular flexibility index (Phi) is 5.12. The normalized spacial score (nSPS) is 19.0. The van der Waals surface area contributed by atoms with Crippen molar-refractivity contribution >= 4 is 33.6 Å². The number of hydrogen-bond donors (Lipinski definition) is 0. The number of ketones is 1. The molecule has 0 saturated carbocycles. The van der Waals surface area contributed by atoms with Crippen molar-refractivity contribution in [3.8, 4) is 0 Å². The van der Waals surface area contributed by atoms with Crippen LogP contribution in [0.1, 0.15) is 23.2 Å². The predicted molar refractivity (Wildman–Crippen MR) is 79.8 cm³/mol. The highest BCUT2D eigenvalue weighted by Gasteiger charge is 2.32. The molecule has 21 heavy (non-hydrogen) atoms. The number of rotatable bonds is 2. The first-order valence-corrected chi connectivity index (χ1v) is 7.47. The monoisotopic (exact) mass is 353 g/mol. The maximum atomic E-state index is 12.4. The van der Waals surface area contributed by atoms with Crippen LogP contribution in [0, 0.1) is 5.92 Å². The fourth-order valence-corrected chi connectivity index (χ4v) is 2.78. The van der Waals surface area contributed by atoms with E-state index in [2.05, 4.69) is 20.7 Å². The summed E-state index contributed by atoms with van der Waals surface area (Å²) in [6.07, 6.45) is 0.491. The first-order chi connectivity index (χ1) is 10.0. The van der Waals surface area contributed by atoms with Gasteiger partial charge in [-0.25, -0.2) is 0 Å². The number of ether oxygens (including phenoxy) is 1. The number of halogens is 1. The molecule has 0 aliphatic carbocycles. The molecule has 0 bridgehead atoms. The average molecular weight is 354 g/mol. The van der Waals surface area contributed by atoms with Gasteiger partial charge in [0.2, 0.25) is 0 Å². The molecule has 0 aromatic heterocycles. The van der Waals surface area contributed by atoms with E-state index in [-0.39, 0.29) is 18.1 Å². The fourth-order valence-electron chi connectivity index (χ4n) is 2.38. The lowest BCUT2D eigenvalue weighted by molar-refractivity contribution is -0.149. The molecule has 0 spiro atoms. The van der Waals surface area contributed by atoms with Crippen molar-refractivity contribution in [1.82, 2.24) is 4.90 Å². The van der Waals surface area contributed by atoms with Gasteiger partial charge in [0.25, 0.3) is 5.91 Å². The van der Waals surface area contributed by atoms with Crippen LogP contribution in [-0.2, 0) is 14.3 Å². The molecular formula is C15H16BrNO4. The molecule has 1 heterocycles. The molecule has 0 N–H and O–H groups in total. The van der Waals surface area contributed by atoms with E-state index < -0.39 is 11.9 Å². The topological polar surface area (TPSA) is 63.7 Å². The van der Waals surface area contributed by atoms with Crippen LogP contribution in [0.2, 0.25) is 0 Å². The van der Waals surface area contributed by atoms with Gasteiger partial charge in [0.05, 0.1) is 7.11 Å². The van der Waals surface area contributed by atoms with E-state index in [0.29, 0.717) is 25.1 Å². The van der Waals surface area contributed by atoms with Crippen LogP contribution in [-0.4, -0.2) is 42.8 Å². The van der Waals surface area contributed by atoms with Gasteiger partial charge in [-0.2, -0.15) is 0 Å². The molecule has 2 rings (SSSR count). The smallest absolute Gasteiger partial charge is 0.316 e. The number of methoxy groups -OCH3 is 1. The van der Waals surface area contributed by atoms with Crippen LogP contribution < -0.4 is 0 Å². The Labute approximate surface area is 131 Å². The molecule has 1 saturated heterocycles. The van der Waals surface area contributed by atoms with Crippen LogP contribution in [0.4, 0.5) is 0 Å². The number of carbonyl (C=O) groups excluding carboxylic acids is 3. The van der Waals surface area contributed by atoms with Crippen LogP contribution in [0.5, 0.6) is 0 Å². The number of likely N-dealkylation sites (tertiary alicyclic amines) is 1. The van der Waals surface area contributed by atoms with Crippen molar-refractivity contribution in [3.63, 3.8) is 0 Å². The second-order valence-electron chi connectivity index (χ2n) is 4.88. The minimum Gasteiger partial charge on any atom is -0.468 e. The van der Waals surface area contributed by atoms with Gasteiger partial charge >= 0.3 is 5.97 Å². The molecule has 1 unspecified atom stereocenters. The molecule has 1 amide bonds. The fraction of sp³-hybridized carbons (Fsp3) is 0.400. The number of Topliss-reactive ketones (excluding diaryl/α,β-unsaturated/α-hetero) is 1. The summed E-state index contributed by atoms with van der Waals surface area (Å²) in [7, 11) is 1.27. The van der Waals surface area contributed by atoms with E-state index in [0.717, 1.165) is 4.47 Å². The lowest BCUT2D eigenvalue weighted by Gasteiger charge is -2.20. The van der Waals surface area contributed by atoms with Crippen molar-refractivity contribution in [2.24, 2.45) is 5.92 Å². The summed E-state index contributed by atoms with van der Waals surface area (Å²) in [5.74, 6) is -1.56. The van der Waals surface area contributed by atoms with E-state index in [4.69, 9.17) is 0 Å². The highest BCUT2D eigenvalue weighted by atomic mass is 79.9. The average Bonchev–Trinajstić information content (AvgIpc) is 2.68. The number of esters is 1. The first kappa shape index (κ1) is 15.7. The summed E-state index contributed by atoms with van der Waals surface area (Å²) < 4.78 is 5.47. The summed E-state index contributed by atoms with van der Waals surface area (Å²) in [4.78, 5) is 37.5. The molecular weight excluding hydrogens is 338 g/mol. The van der Waals surface area contributed by atoms with Gasteiger partial charge in [0.15, 0.2) is 0 Å². The largest absolute Gasteiger partial charge is 0.468 e. The lowest BCUT2D eigenvalue weighted by atomic mass is 10.00. The van der Waals surface area contributed by atoms with Gasteiger partial charge < -0.3 is 9.64 Å². The summed E-state index contributed by atoms with van der Waals surface area (Å²) in [6.45, 7) is 0.703. The maximum absolute atomic E-state index is 12.4. The molecule has 1 aromatic carbocycles. The lowest BCUT2D eigenvalue weighted by Crippen LogP contribution is -2.32. The molecule has 6 heteroatoms. The van der Waals surface area contributed by atoms with Crippen molar-refractivity contribution in [2.75, 3.05) is 20.2 Å². The molecule has 1 fully saturated rings. The second-order valence-corrected chi connectivity index (χ2v) is 5.80. The zero-order chi connectivity index (χ0) is 15.4. The Morgan fingerprint density at radius 1 is 1.33 bits per heavy atom. The number of nitrogens with zero attached hydrogens (tertiary/aromatic N) is 1. The number of benzene rings is 1. The Morgan fingerprint density at radius 2 is 2.10 bits per heavy atom. The minimum absolute atomic E-state index is 0.130. The molecule has 112 valence electrons. The van der Waals surface area contributed by atoms with Gasteiger partial charge in [-0.15, -0.1) is 0 Å². The Hall–Kier alpha value is -1.69. The second kappa shape index (κ2) is 6.85. The van der Waals surface area contributed by atoms with Crippen molar-refractivity contribution in [1.29, 1.82) is 0 Å². The van der Waals surface area contributed by atoms with E-state index in [1.54, 1.807) is 23.1 Å². The third-order valence-electron chi connectivity index (χ3n) is 3.55. The zero-order valence-electron chi connectivity index (χ0n) is 11.7. The zero-order valence-corrected chi connectivity index (χ0v) is 13.3. The summed E-state index contributed by atoms with van der Waals surface area (Å²) in [5.41, 5.74) is 0.563. The SMILES string of the molecule is COC(=O)C1CCN(C(=O)c2cccc(Br)c2)CCC1=O. The van der Waals surface area contributed by atoms with Crippen molar-refractivity contribution < 1.29 is 19.1 Å². The maximum Gasteiger partial charge on any atom is 0.316 e.